The van der Waals surface area contributed by atoms with Gasteiger partial charge < -0.3 is 14.4 Å². The molecule has 0 atom stereocenters. The molecule has 0 unspecified atom stereocenters. The van der Waals surface area contributed by atoms with E-state index < -0.39 is 21.6 Å². The Hall–Kier alpha value is -3.61. The third-order valence-electron chi connectivity index (χ3n) is 5.49. The Morgan fingerprint density at radius 3 is 2.51 bits per heavy atom. The number of nitrogens with zero attached hydrogens (tertiary/aromatic N) is 6. The van der Waals surface area contributed by atoms with Crippen LogP contribution >= 0.6 is 0 Å². The lowest BCUT2D eigenvalue weighted by molar-refractivity contribution is 0.0525. The molecule has 3 aromatic rings. The van der Waals surface area contributed by atoms with E-state index >= 15 is 0 Å². The highest BCUT2D eigenvalue weighted by atomic mass is 32.2. The number of esters is 1. The van der Waals surface area contributed by atoms with Crippen LogP contribution in [0.25, 0.3) is 0 Å². The van der Waals surface area contributed by atoms with E-state index in [9.17, 15) is 17.6 Å². The van der Waals surface area contributed by atoms with Gasteiger partial charge in [0.1, 0.15) is 12.3 Å². The smallest absolute Gasteiger partial charge is 0.341 e. The molecule has 0 aliphatic carbocycles. The van der Waals surface area contributed by atoms with Gasteiger partial charge in [-0.05, 0) is 38.0 Å². The number of benzene rings is 1. The number of carbonyl (C=O) groups is 1. The molecule has 1 aromatic carbocycles. The number of carbonyl (C=O) groups excluding carboxylic acids is 1. The second kappa shape index (κ2) is 10.3. The van der Waals surface area contributed by atoms with Crippen molar-refractivity contribution in [1.82, 2.24) is 25.0 Å². The highest BCUT2D eigenvalue weighted by Gasteiger charge is 2.24. The monoisotopic (exact) mass is 504 g/mol. The Balaban J connectivity index is 1.30. The molecule has 0 radical (unpaired) electrons. The van der Waals surface area contributed by atoms with Gasteiger partial charge in [0.05, 0.1) is 29.3 Å². The van der Waals surface area contributed by atoms with Gasteiger partial charge in [0.15, 0.2) is 21.4 Å². The van der Waals surface area contributed by atoms with Crippen molar-refractivity contribution in [2.75, 3.05) is 30.9 Å². The number of ether oxygens (including phenoxy) is 2. The minimum atomic E-state index is -3.50. The van der Waals surface area contributed by atoms with E-state index in [4.69, 9.17) is 9.47 Å². The third-order valence-corrected chi connectivity index (χ3v) is 6.60. The van der Waals surface area contributed by atoms with Gasteiger partial charge in [-0.1, -0.05) is 0 Å². The summed E-state index contributed by atoms with van der Waals surface area (Å²) in [5, 5.41) is 8.76. The number of aromatic nitrogens is 5. The second-order valence-corrected chi connectivity index (χ2v) is 10.0. The topological polar surface area (TPSA) is 129 Å². The Morgan fingerprint density at radius 2 is 1.89 bits per heavy atom. The van der Waals surface area contributed by atoms with Gasteiger partial charge in [0.2, 0.25) is 5.95 Å². The molecule has 1 saturated heterocycles. The minimum Gasteiger partial charge on any atom is -0.484 e. The molecule has 11 nitrogen and oxygen atoms in total. The molecule has 4 rings (SSSR count). The Morgan fingerprint density at radius 1 is 1.17 bits per heavy atom. The zero-order chi connectivity index (χ0) is 25.0. The molecule has 2 aromatic heterocycles. The van der Waals surface area contributed by atoms with Crippen LogP contribution in [0.2, 0.25) is 0 Å². The third kappa shape index (κ3) is 5.91. The fourth-order valence-electron chi connectivity index (χ4n) is 3.63. The molecule has 3 heterocycles. The number of anilines is 1. The van der Waals surface area contributed by atoms with Crippen LogP contribution in [0.5, 0.6) is 5.75 Å². The average Bonchev–Trinajstić information content (AvgIpc) is 3.32. The molecular formula is C22H25FN6O5S. The van der Waals surface area contributed by atoms with E-state index in [0.717, 1.165) is 25.2 Å². The fourth-order valence-corrected chi connectivity index (χ4v) is 4.27. The van der Waals surface area contributed by atoms with E-state index in [2.05, 4.69) is 20.2 Å². The number of sulfone groups is 1. The molecule has 1 fully saturated rings. The van der Waals surface area contributed by atoms with Crippen molar-refractivity contribution < 1.29 is 27.1 Å². The van der Waals surface area contributed by atoms with Crippen LogP contribution in [0.1, 0.15) is 41.9 Å². The Kier molecular flexibility index (Phi) is 7.24. The first-order valence-corrected chi connectivity index (χ1v) is 12.9. The summed E-state index contributed by atoms with van der Waals surface area (Å²) in [6, 6.07) is 3.59. The van der Waals surface area contributed by atoms with Gasteiger partial charge >= 0.3 is 5.97 Å². The van der Waals surface area contributed by atoms with Gasteiger partial charge in [-0.15, -0.1) is 0 Å². The first-order valence-electron chi connectivity index (χ1n) is 11.0. The molecule has 0 amide bonds. The van der Waals surface area contributed by atoms with Crippen LogP contribution in [0.15, 0.2) is 41.7 Å². The van der Waals surface area contributed by atoms with Crippen LogP contribution in [-0.2, 0) is 21.2 Å². The van der Waals surface area contributed by atoms with Crippen LogP contribution in [0.3, 0.4) is 0 Å². The van der Waals surface area contributed by atoms with E-state index in [1.54, 1.807) is 17.9 Å². The molecular weight excluding hydrogens is 479 g/mol. The normalized spacial score (nSPS) is 14.7. The van der Waals surface area contributed by atoms with E-state index in [0.29, 0.717) is 36.9 Å². The summed E-state index contributed by atoms with van der Waals surface area (Å²) in [7, 11) is -3.50. The molecule has 0 bridgehead atoms. The maximum atomic E-state index is 14.2. The van der Waals surface area contributed by atoms with Gasteiger partial charge in [0.25, 0.3) is 0 Å². The predicted octanol–water partition coefficient (Wildman–Crippen LogP) is 2.21. The maximum absolute atomic E-state index is 14.2. The van der Waals surface area contributed by atoms with E-state index in [1.165, 1.54) is 24.5 Å². The lowest BCUT2D eigenvalue weighted by atomic mass is 10.1. The van der Waals surface area contributed by atoms with Crippen molar-refractivity contribution in [3.63, 3.8) is 0 Å². The summed E-state index contributed by atoms with van der Waals surface area (Å²) in [6.45, 7) is 3.40. The zero-order valence-electron chi connectivity index (χ0n) is 19.3. The number of piperidine rings is 1. The molecule has 0 saturated carbocycles. The first-order chi connectivity index (χ1) is 16.7. The summed E-state index contributed by atoms with van der Waals surface area (Å²) >= 11 is 0. The predicted molar refractivity (Wildman–Crippen MR) is 122 cm³/mol. The van der Waals surface area contributed by atoms with Crippen molar-refractivity contribution >= 4 is 21.8 Å². The molecule has 1 aliphatic heterocycles. The summed E-state index contributed by atoms with van der Waals surface area (Å²) in [6.07, 6.45) is 7.03. The fraction of sp³-hybridized carbons (Fsp3) is 0.409. The SMILES string of the molecule is CCOC(=O)c1cnc(N2CCC(n3ncc(COc4ccc(S(C)(=O)=O)cc4F)n3)CC2)nc1. The lowest BCUT2D eigenvalue weighted by Gasteiger charge is -2.31. The molecule has 1 aliphatic rings. The maximum Gasteiger partial charge on any atom is 0.341 e. The number of rotatable bonds is 8. The Bertz CT molecular complexity index is 1290. The van der Waals surface area contributed by atoms with Crippen molar-refractivity contribution in [3.8, 4) is 5.75 Å². The molecule has 13 heteroatoms. The van der Waals surface area contributed by atoms with Crippen LogP contribution in [0.4, 0.5) is 10.3 Å². The number of halogens is 1. The quantitative estimate of drug-likeness (QED) is 0.421. The van der Waals surface area contributed by atoms with Crippen LogP contribution in [0, 0.1) is 5.82 Å². The zero-order valence-corrected chi connectivity index (χ0v) is 20.1. The lowest BCUT2D eigenvalue weighted by Crippen LogP contribution is -2.36. The summed E-state index contributed by atoms with van der Waals surface area (Å²) in [5.74, 6) is -0.724. The molecule has 186 valence electrons. The van der Waals surface area contributed by atoms with E-state index in [1.807, 2.05) is 4.90 Å². The minimum absolute atomic E-state index is 0.00532. The van der Waals surface area contributed by atoms with Crippen LogP contribution < -0.4 is 9.64 Å². The second-order valence-electron chi connectivity index (χ2n) is 8.02. The van der Waals surface area contributed by atoms with Gasteiger partial charge in [0, 0.05) is 31.7 Å². The first kappa shape index (κ1) is 24.5. The largest absolute Gasteiger partial charge is 0.484 e. The summed E-state index contributed by atoms with van der Waals surface area (Å²) in [5.41, 5.74) is 0.837. The highest BCUT2D eigenvalue weighted by molar-refractivity contribution is 7.90. The standard InChI is InChI=1S/C22H25FN6O5S/c1-3-33-21(30)15-11-24-22(25-12-15)28-8-6-17(7-9-28)29-26-13-16(27-29)14-34-20-5-4-18(10-19(20)23)35(2,31)32/h4-5,10-13,17H,3,6-9,14H2,1-2H3. The van der Waals surface area contributed by atoms with Crippen molar-refractivity contribution in [2.24, 2.45) is 0 Å². The van der Waals surface area contributed by atoms with Crippen molar-refractivity contribution in [1.29, 1.82) is 0 Å². The van der Waals surface area contributed by atoms with E-state index in [-0.39, 0.29) is 23.3 Å². The molecule has 35 heavy (non-hydrogen) atoms. The van der Waals surface area contributed by atoms with Crippen molar-refractivity contribution in [2.45, 2.75) is 37.3 Å². The Labute approximate surface area is 201 Å². The summed E-state index contributed by atoms with van der Waals surface area (Å²) < 4.78 is 47.7. The van der Waals surface area contributed by atoms with Crippen molar-refractivity contribution in [3.05, 3.63) is 53.9 Å². The van der Waals surface area contributed by atoms with Crippen LogP contribution in [-0.4, -0.2) is 65.3 Å². The van der Waals surface area contributed by atoms with Gasteiger partial charge in [-0.2, -0.15) is 15.0 Å². The van der Waals surface area contributed by atoms with Gasteiger partial charge in [-0.25, -0.2) is 27.6 Å². The highest BCUT2D eigenvalue weighted by Crippen LogP contribution is 2.25. The molecule has 0 spiro atoms. The number of hydrogen-bond acceptors (Lipinski definition) is 10. The molecule has 0 N–H and O–H groups in total. The summed E-state index contributed by atoms with van der Waals surface area (Å²) in [4.78, 5) is 23.9. The average molecular weight is 505 g/mol. The number of hydrogen-bond donors (Lipinski definition) is 0. The van der Waals surface area contributed by atoms with Gasteiger partial charge in [-0.3, -0.25) is 0 Å².